The molecule has 136 valence electrons. The lowest BCUT2D eigenvalue weighted by Gasteiger charge is -2.10. The van der Waals surface area contributed by atoms with Crippen LogP contribution in [0.5, 0.6) is 0 Å². The molecule has 3 rings (SSSR count). The summed E-state index contributed by atoms with van der Waals surface area (Å²) >= 11 is 1.73. The number of rotatable bonds is 7. The van der Waals surface area contributed by atoms with Crippen LogP contribution in [-0.2, 0) is 13.0 Å². The zero-order valence-electron chi connectivity index (χ0n) is 15.0. The summed E-state index contributed by atoms with van der Waals surface area (Å²) in [6.45, 7) is 6.16. The van der Waals surface area contributed by atoms with E-state index in [1.165, 1.54) is 4.88 Å². The van der Waals surface area contributed by atoms with Crippen LogP contribution in [0.2, 0.25) is 0 Å². The maximum Gasteiger partial charge on any atom is 0.191 e. The number of aliphatic imine (C=N–C) groups is 1. The third-order valence-corrected chi connectivity index (χ3v) is 4.63. The molecule has 0 bridgehead atoms. The van der Waals surface area contributed by atoms with Crippen molar-refractivity contribution in [2.75, 3.05) is 13.1 Å². The molecule has 0 aliphatic rings. The number of benzene rings is 1. The summed E-state index contributed by atoms with van der Waals surface area (Å²) in [7, 11) is 0. The first kappa shape index (κ1) is 18.1. The first-order valence-corrected chi connectivity index (χ1v) is 9.50. The number of guanidine groups is 1. The van der Waals surface area contributed by atoms with Gasteiger partial charge in [-0.2, -0.15) is 0 Å². The number of thiazole rings is 1. The molecule has 2 heterocycles. The second kappa shape index (κ2) is 9.15. The highest BCUT2D eigenvalue weighted by Crippen LogP contribution is 2.19. The Hall–Kier alpha value is -2.67. The summed E-state index contributed by atoms with van der Waals surface area (Å²) < 4.78 is 5.42. The lowest BCUT2D eigenvalue weighted by molar-refractivity contribution is 0.424. The van der Waals surface area contributed by atoms with Crippen LogP contribution in [0.3, 0.4) is 0 Å². The summed E-state index contributed by atoms with van der Waals surface area (Å²) in [5, 5.41) is 11.8. The minimum absolute atomic E-state index is 0.460. The summed E-state index contributed by atoms with van der Waals surface area (Å²) in [5.41, 5.74) is 1.82. The largest absolute Gasteiger partial charge is 0.357 e. The Labute approximate surface area is 157 Å². The molecular formula is C19H23N5OS. The van der Waals surface area contributed by atoms with Gasteiger partial charge in [-0.15, -0.1) is 11.3 Å². The molecule has 0 aliphatic carbocycles. The van der Waals surface area contributed by atoms with E-state index in [0.717, 1.165) is 47.5 Å². The van der Waals surface area contributed by atoms with Crippen LogP contribution in [0.4, 0.5) is 0 Å². The fourth-order valence-corrected chi connectivity index (χ4v) is 3.22. The second-order valence-electron chi connectivity index (χ2n) is 5.79. The molecule has 7 heteroatoms. The van der Waals surface area contributed by atoms with E-state index < -0.39 is 0 Å². The van der Waals surface area contributed by atoms with Gasteiger partial charge in [0.05, 0.1) is 11.6 Å². The van der Waals surface area contributed by atoms with Gasteiger partial charge in [-0.1, -0.05) is 35.5 Å². The molecule has 0 fully saturated rings. The van der Waals surface area contributed by atoms with Crippen LogP contribution in [0.15, 0.2) is 52.1 Å². The quantitative estimate of drug-likeness (QED) is 0.493. The Morgan fingerprint density at radius 1 is 1.23 bits per heavy atom. The highest BCUT2D eigenvalue weighted by molar-refractivity contribution is 7.11. The first-order chi connectivity index (χ1) is 12.7. The maximum absolute atomic E-state index is 5.42. The van der Waals surface area contributed by atoms with Crippen molar-refractivity contribution in [3.8, 4) is 11.3 Å². The average Bonchev–Trinajstić information content (AvgIpc) is 3.29. The molecule has 0 spiro atoms. The lowest BCUT2D eigenvalue weighted by Crippen LogP contribution is -2.38. The molecule has 0 radical (unpaired) electrons. The summed E-state index contributed by atoms with van der Waals surface area (Å²) in [5.74, 6) is 1.53. The number of hydrogen-bond donors (Lipinski definition) is 2. The molecule has 0 atom stereocenters. The normalized spacial score (nSPS) is 11.5. The third-order valence-electron chi connectivity index (χ3n) is 3.66. The molecule has 0 aliphatic heterocycles. The number of aromatic nitrogens is 2. The molecule has 0 amide bonds. The molecule has 6 nitrogen and oxygen atoms in total. The first-order valence-electron chi connectivity index (χ1n) is 8.69. The van der Waals surface area contributed by atoms with E-state index in [-0.39, 0.29) is 0 Å². The highest BCUT2D eigenvalue weighted by atomic mass is 32.1. The van der Waals surface area contributed by atoms with Crippen molar-refractivity contribution >= 4 is 17.3 Å². The zero-order chi connectivity index (χ0) is 18.2. The highest BCUT2D eigenvalue weighted by Gasteiger charge is 2.06. The van der Waals surface area contributed by atoms with Crippen LogP contribution < -0.4 is 10.6 Å². The van der Waals surface area contributed by atoms with Crippen LogP contribution in [-0.4, -0.2) is 29.2 Å². The molecule has 1 aromatic carbocycles. The third kappa shape index (κ3) is 5.16. The van der Waals surface area contributed by atoms with Crippen molar-refractivity contribution in [2.45, 2.75) is 26.8 Å². The molecule has 0 saturated heterocycles. The number of hydrogen-bond acceptors (Lipinski definition) is 5. The average molecular weight is 369 g/mol. The van der Waals surface area contributed by atoms with Gasteiger partial charge in [0.2, 0.25) is 0 Å². The van der Waals surface area contributed by atoms with Crippen LogP contribution in [0.1, 0.15) is 22.5 Å². The molecule has 26 heavy (non-hydrogen) atoms. The van der Waals surface area contributed by atoms with Gasteiger partial charge in [-0.3, -0.25) is 0 Å². The standard InChI is InChI=1S/C19H23N5OS/c1-3-20-19(21-10-9-18-22-12-14(2)26-18)23-13-16-11-17(25-24-16)15-7-5-4-6-8-15/h4-8,11-12H,3,9-10,13H2,1-2H3,(H2,20,21,23). The van der Waals surface area contributed by atoms with E-state index in [9.17, 15) is 0 Å². The maximum atomic E-state index is 5.42. The second-order valence-corrected chi connectivity index (χ2v) is 7.10. The summed E-state index contributed by atoms with van der Waals surface area (Å²) in [6.07, 6.45) is 2.79. The van der Waals surface area contributed by atoms with Crippen molar-refractivity contribution in [2.24, 2.45) is 4.99 Å². The topological polar surface area (TPSA) is 75.3 Å². The van der Waals surface area contributed by atoms with Gasteiger partial charge in [-0.05, 0) is 13.8 Å². The van der Waals surface area contributed by atoms with Gasteiger partial charge in [0.1, 0.15) is 5.69 Å². The fraction of sp³-hybridized carbons (Fsp3) is 0.316. The summed E-state index contributed by atoms with van der Waals surface area (Å²) in [4.78, 5) is 10.2. The van der Waals surface area contributed by atoms with Gasteiger partial charge in [0.15, 0.2) is 11.7 Å². The van der Waals surface area contributed by atoms with Crippen LogP contribution in [0.25, 0.3) is 11.3 Å². The van der Waals surface area contributed by atoms with Gasteiger partial charge in [0, 0.05) is 42.2 Å². The predicted molar refractivity (Wildman–Crippen MR) is 105 cm³/mol. The van der Waals surface area contributed by atoms with Crippen LogP contribution in [0, 0.1) is 6.92 Å². The molecule has 2 aromatic heterocycles. The minimum Gasteiger partial charge on any atom is -0.357 e. The van der Waals surface area contributed by atoms with E-state index in [1.54, 1.807) is 11.3 Å². The number of nitrogens with one attached hydrogen (secondary N) is 2. The van der Waals surface area contributed by atoms with Gasteiger partial charge < -0.3 is 15.2 Å². The molecule has 3 aromatic rings. The van der Waals surface area contributed by atoms with Crippen molar-refractivity contribution in [3.63, 3.8) is 0 Å². The van der Waals surface area contributed by atoms with E-state index in [0.29, 0.717) is 6.54 Å². The SMILES string of the molecule is CCNC(=NCc1cc(-c2ccccc2)on1)NCCc1ncc(C)s1. The van der Waals surface area contributed by atoms with E-state index in [4.69, 9.17) is 4.52 Å². The smallest absolute Gasteiger partial charge is 0.191 e. The molecular weight excluding hydrogens is 346 g/mol. The Bertz CT molecular complexity index is 841. The Morgan fingerprint density at radius 2 is 2.08 bits per heavy atom. The van der Waals surface area contributed by atoms with E-state index in [2.05, 4.69) is 32.7 Å². The molecule has 2 N–H and O–H groups in total. The van der Waals surface area contributed by atoms with Crippen molar-refractivity contribution in [3.05, 3.63) is 58.2 Å². The van der Waals surface area contributed by atoms with E-state index >= 15 is 0 Å². The van der Waals surface area contributed by atoms with Crippen molar-refractivity contribution in [1.82, 2.24) is 20.8 Å². The monoisotopic (exact) mass is 369 g/mol. The fourth-order valence-electron chi connectivity index (χ4n) is 2.43. The van der Waals surface area contributed by atoms with Gasteiger partial charge >= 0.3 is 0 Å². The molecule has 0 unspecified atom stereocenters. The predicted octanol–water partition coefficient (Wildman–Crippen LogP) is 3.40. The molecule has 0 saturated carbocycles. The zero-order valence-corrected chi connectivity index (χ0v) is 15.8. The van der Waals surface area contributed by atoms with E-state index in [1.807, 2.05) is 49.5 Å². The Morgan fingerprint density at radius 3 is 2.81 bits per heavy atom. The Kier molecular flexibility index (Phi) is 6.38. The van der Waals surface area contributed by atoms with Crippen LogP contribution >= 0.6 is 11.3 Å². The number of aryl methyl sites for hydroxylation is 1. The van der Waals surface area contributed by atoms with Gasteiger partial charge in [-0.25, -0.2) is 9.98 Å². The lowest BCUT2D eigenvalue weighted by atomic mass is 10.2. The Balaban J connectivity index is 1.56. The van der Waals surface area contributed by atoms with Gasteiger partial charge in [0.25, 0.3) is 0 Å². The minimum atomic E-state index is 0.460. The summed E-state index contributed by atoms with van der Waals surface area (Å²) in [6, 6.07) is 11.9. The van der Waals surface area contributed by atoms with Crippen molar-refractivity contribution in [1.29, 1.82) is 0 Å². The number of nitrogens with zero attached hydrogens (tertiary/aromatic N) is 3. The van der Waals surface area contributed by atoms with Crippen molar-refractivity contribution < 1.29 is 4.52 Å².